The lowest BCUT2D eigenvalue weighted by atomic mass is 9.80. The Morgan fingerprint density at radius 1 is 1.50 bits per heavy atom. The second-order valence-corrected chi connectivity index (χ2v) is 5.67. The zero-order valence-electron chi connectivity index (χ0n) is 11.1. The van der Waals surface area contributed by atoms with E-state index in [4.69, 9.17) is 5.11 Å². The smallest absolute Gasteiger partial charge is 0.338 e. The average molecular weight is 251 g/mol. The fourth-order valence-electron chi connectivity index (χ4n) is 2.75. The van der Waals surface area contributed by atoms with Crippen LogP contribution in [-0.4, -0.2) is 23.7 Å². The van der Waals surface area contributed by atoms with E-state index in [1.807, 2.05) is 11.9 Å². The van der Waals surface area contributed by atoms with Crippen LogP contribution in [0.25, 0.3) is 0 Å². The molecule has 0 amide bonds. The lowest BCUT2D eigenvalue weighted by Gasteiger charge is -2.45. The maximum atomic E-state index is 13.8. The molecule has 0 aliphatic carbocycles. The van der Waals surface area contributed by atoms with E-state index in [9.17, 15) is 9.18 Å². The number of halogens is 1. The number of rotatable bonds is 1. The summed E-state index contributed by atoms with van der Waals surface area (Å²) in [6, 6.07) is 2.82. The number of aromatic carboxylic acids is 1. The van der Waals surface area contributed by atoms with Crippen LogP contribution in [0.3, 0.4) is 0 Å². The number of carboxylic acids is 1. The van der Waals surface area contributed by atoms with Crippen LogP contribution < -0.4 is 4.90 Å². The van der Waals surface area contributed by atoms with Gasteiger partial charge in [-0.15, -0.1) is 0 Å². The molecule has 1 aliphatic heterocycles. The van der Waals surface area contributed by atoms with Gasteiger partial charge in [0.2, 0.25) is 0 Å². The predicted octanol–water partition coefficient (Wildman–Crippen LogP) is 3.25. The monoisotopic (exact) mass is 251 g/mol. The van der Waals surface area contributed by atoms with Gasteiger partial charge in [-0.2, -0.15) is 0 Å². The minimum atomic E-state index is -1.21. The van der Waals surface area contributed by atoms with Gasteiger partial charge in [-0.1, -0.05) is 6.92 Å². The molecule has 0 saturated heterocycles. The Morgan fingerprint density at radius 2 is 2.11 bits per heavy atom. The van der Waals surface area contributed by atoms with Gasteiger partial charge in [0.1, 0.15) is 5.82 Å². The zero-order chi connectivity index (χ0) is 13.7. The van der Waals surface area contributed by atoms with Crippen molar-refractivity contribution in [3.05, 3.63) is 29.1 Å². The summed E-state index contributed by atoms with van der Waals surface area (Å²) in [5.74, 6) is -1.65. The number of anilines is 1. The van der Waals surface area contributed by atoms with Crippen LogP contribution in [0.5, 0.6) is 0 Å². The van der Waals surface area contributed by atoms with E-state index < -0.39 is 11.8 Å². The van der Waals surface area contributed by atoms with Gasteiger partial charge in [0.15, 0.2) is 0 Å². The Bertz CT molecular complexity index is 511. The number of benzene rings is 1. The molecule has 3 nitrogen and oxygen atoms in total. The number of hydrogen-bond donors (Lipinski definition) is 1. The minimum absolute atomic E-state index is 0.0520. The highest BCUT2D eigenvalue weighted by molar-refractivity contribution is 5.89. The largest absolute Gasteiger partial charge is 0.478 e. The van der Waals surface area contributed by atoms with Crippen LogP contribution in [0.1, 0.15) is 49.0 Å². The van der Waals surface area contributed by atoms with Gasteiger partial charge in [-0.3, -0.25) is 0 Å². The summed E-state index contributed by atoms with van der Waals surface area (Å²) >= 11 is 0. The first-order chi connectivity index (χ1) is 8.24. The van der Waals surface area contributed by atoms with Gasteiger partial charge in [0.25, 0.3) is 0 Å². The van der Waals surface area contributed by atoms with E-state index in [-0.39, 0.29) is 17.0 Å². The molecule has 1 aromatic rings. The van der Waals surface area contributed by atoms with Crippen molar-refractivity contribution in [1.82, 2.24) is 0 Å². The molecule has 4 heteroatoms. The topological polar surface area (TPSA) is 40.5 Å². The highest BCUT2D eigenvalue weighted by atomic mass is 19.1. The van der Waals surface area contributed by atoms with Crippen molar-refractivity contribution in [2.75, 3.05) is 11.9 Å². The normalized spacial score (nSPS) is 21.6. The second kappa shape index (κ2) is 3.97. The summed E-state index contributed by atoms with van der Waals surface area (Å²) in [6.45, 7) is 6.27. The highest BCUT2D eigenvalue weighted by Crippen LogP contribution is 2.43. The highest BCUT2D eigenvalue weighted by Gasteiger charge is 2.35. The summed E-state index contributed by atoms with van der Waals surface area (Å²) in [4.78, 5) is 13.0. The summed E-state index contributed by atoms with van der Waals surface area (Å²) in [5, 5.41) is 8.97. The third-order valence-electron chi connectivity index (χ3n) is 3.95. The van der Waals surface area contributed by atoms with Gasteiger partial charge < -0.3 is 10.0 Å². The van der Waals surface area contributed by atoms with E-state index in [2.05, 4.69) is 20.8 Å². The first-order valence-corrected chi connectivity index (χ1v) is 6.04. The van der Waals surface area contributed by atoms with Gasteiger partial charge in [0, 0.05) is 18.3 Å². The van der Waals surface area contributed by atoms with Crippen LogP contribution in [-0.2, 0) is 0 Å². The Balaban J connectivity index is 2.62. The van der Waals surface area contributed by atoms with Gasteiger partial charge in [-0.25, -0.2) is 9.18 Å². The number of nitrogens with zero attached hydrogens (tertiary/aromatic N) is 1. The molecule has 1 aliphatic rings. The standard InChI is InChI=1S/C14H18FNO2/c1-8-7-14(2,3)16(4)12-6-11(15)10(13(17)18)5-9(8)12/h5-6,8H,7H2,1-4H3,(H,17,18)/t8-/m0/s1. The molecule has 0 spiro atoms. The zero-order valence-corrected chi connectivity index (χ0v) is 11.1. The summed E-state index contributed by atoms with van der Waals surface area (Å²) < 4.78 is 13.8. The molecule has 0 aromatic heterocycles. The Kier molecular flexibility index (Phi) is 2.84. The van der Waals surface area contributed by atoms with Gasteiger partial charge in [0.05, 0.1) is 5.56 Å². The van der Waals surface area contributed by atoms with Crippen LogP contribution in [0.2, 0.25) is 0 Å². The van der Waals surface area contributed by atoms with Gasteiger partial charge >= 0.3 is 5.97 Å². The predicted molar refractivity (Wildman–Crippen MR) is 68.9 cm³/mol. The molecule has 18 heavy (non-hydrogen) atoms. The molecule has 98 valence electrons. The van der Waals surface area contributed by atoms with Crippen molar-refractivity contribution in [3.63, 3.8) is 0 Å². The van der Waals surface area contributed by atoms with Crippen molar-refractivity contribution in [2.24, 2.45) is 0 Å². The molecule has 1 aromatic carbocycles. The van der Waals surface area contributed by atoms with E-state index in [0.717, 1.165) is 17.7 Å². The molecular formula is C14H18FNO2. The Labute approximate surface area is 106 Å². The van der Waals surface area contributed by atoms with Crippen molar-refractivity contribution in [2.45, 2.75) is 38.6 Å². The molecule has 0 bridgehead atoms. The summed E-state index contributed by atoms with van der Waals surface area (Å²) in [5.41, 5.74) is 1.41. The third kappa shape index (κ3) is 1.85. The summed E-state index contributed by atoms with van der Waals surface area (Å²) in [6.07, 6.45) is 0.918. The maximum Gasteiger partial charge on any atom is 0.338 e. The molecule has 1 atom stereocenters. The van der Waals surface area contributed by atoms with Crippen LogP contribution >= 0.6 is 0 Å². The molecule has 1 heterocycles. The molecule has 0 saturated carbocycles. The lowest BCUT2D eigenvalue weighted by molar-refractivity contribution is 0.0691. The van der Waals surface area contributed by atoms with Crippen molar-refractivity contribution < 1.29 is 14.3 Å². The van der Waals surface area contributed by atoms with Crippen LogP contribution in [0.15, 0.2) is 12.1 Å². The molecule has 1 N–H and O–H groups in total. The Hall–Kier alpha value is -1.58. The van der Waals surface area contributed by atoms with Crippen LogP contribution in [0.4, 0.5) is 10.1 Å². The van der Waals surface area contributed by atoms with E-state index >= 15 is 0 Å². The van der Waals surface area contributed by atoms with E-state index in [0.29, 0.717) is 0 Å². The molecule has 0 radical (unpaired) electrons. The quantitative estimate of drug-likeness (QED) is 0.833. The Morgan fingerprint density at radius 3 is 2.67 bits per heavy atom. The lowest BCUT2D eigenvalue weighted by Crippen LogP contribution is -2.45. The first-order valence-electron chi connectivity index (χ1n) is 6.04. The fourth-order valence-corrected chi connectivity index (χ4v) is 2.75. The van der Waals surface area contributed by atoms with Crippen molar-refractivity contribution in [3.8, 4) is 0 Å². The number of fused-ring (bicyclic) bond motifs is 1. The maximum absolute atomic E-state index is 13.8. The van der Waals surface area contributed by atoms with E-state index in [1.54, 1.807) is 0 Å². The molecular weight excluding hydrogens is 233 g/mol. The van der Waals surface area contributed by atoms with Crippen LogP contribution in [0, 0.1) is 5.82 Å². The number of hydrogen-bond acceptors (Lipinski definition) is 2. The SMILES string of the molecule is C[C@H]1CC(C)(C)N(C)c2cc(F)c(C(=O)O)cc21. The minimum Gasteiger partial charge on any atom is -0.478 e. The second-order valence-electron chi connectivity index (χ2n) is 5.67. The average Bonchev–Trinajstić information content (AvgIpc) is 2.24. The first kappa shape index (κ1) is 12.9. The van der Waals surface area contributed by atoms with E-state index in [1.165, 1.54) is 12.1 Å². The van der Waals surface area contributed by atoms with Gasteiger partial charge in [-0.05, 0) is 43.9 Å². The molecule has 2 rings (SSSR count). The summed E-state index contributed by atoms with van der Waals surface area (Å²) in [7, 11) is 1.92. The molecule has 0 unspecified atom stereocenters. The van der Waals surface area contributed by atoms with Crippen molar-refractivity contribution >= 4 is 11.7 Å². The van der Waals surface area contributed by atoms with Crippen molar-refractivity contribution in [1.29, 1.82) is 0 Å². The third-order valence-corrected chi connectivity index (χ3v) is 3.95. The number of carbonyl (C=O) groups is 1. The number of carboxylic acid groups (broad SMARTS) is 1. The fraction of sp³-hybridized carbons (Fsp3) is 0.500. The molecule has 0 fully saturated rings.